The second-order valence-electron chi connectivity index (χ2n) is 12.6. The lowest BCUT2D eigenvalue weighted by Gasteiger charge is -2.20. The van der Waals surface area contributed by atoms with Gasteiger partial charge in [0.05, 0.1) is 0 Å². The molecule has 0 fully saturated rings. The Kier molecular flexibility index (Phi) is 5.38. The Morgan fingerprint density at radius 1 is 0.217 bits per heavy atom. The minimum atomic E-state index is 1.24. The summed E-state index contributed by atoms with van der Waals surface area (Å²) in [6.07, 6.45) is 0. The number of benzene rings is 10. The molecule has 0 spiro atoms. The van der Waals surface area contributed by atoms with Crippen molar-refractivity contribution in [3.8, 4) is 22.3 Å². The van der Waals surface area contributed by atoms with E-state index in [0.29, 0.717) is 0 Å². The van der Waals surface area contributed by atoms with Crippen LogP contribution in [0.1, 0.15) is 0 Å². The highest BCUT2D eigenvalue weighted by molar-refractivity contribution is 6.26. The average molecular weight is 581 g/mol. The van der Waals surface area contributed by atoms with Crippen LogP contribution >= 0.6 is 0 Å². The van der Waals surface area contributed by atoms with Gasteiger partial charge in [-0.1, -0.05) is 109 Å². The Balaban J connectivity index is 1.42. The lowest BCUT2D eigenvalue weighted by Crippen LogP contribution is -1.92. The van der Waals surface area contributed by atoms with Crippen molar-refractivity contribution in [2.75, 3.05) is 0 Å². The van der Waals surface area contributed by atoms with E-state index in [-0.39, 0.29) is 0 Å². The van der Waals surface area contributed by atoms with Crippen molar-refractivity contribution >= 4 is 75.4 Å². The molecule has 0 N–H and O–H groups in total. The second-order valence-corrected chi connectivity index (χ2v) is 12.6. The molecule has 0 aliphatic heterocycles. The summed E-state index contributed by atoms with van der Waals surface area (Å²) in [6.45, 7) is 0. The Bertz CT molecular complexity index is 2630. The van der Waals surface area contributed by atoms with Gasteiger partial charge in [0.1, 0.15) is 0 Å². The molecule has 46 heavy (non-hydrogen) atoms. The van der Waals surface area contributed by atoms with Gasteiger partial charge in [-0.25, -0.2) is 0 Å². The molecule has 10 aromatic carbocycles. The van der Waals surface area contributed by atoms with E-state index >= 15 is 0 Å². The maximum absolute atomic E-state index is 2.42. The van der Waals surface area contributed by atoms with Crippen LogP contribution in [0.25, 0.3) is 97.7 Å². The monoisotopic (exact) mass is 580 g/mol. The summed E-state index contributed by atoms with van der Waals surface area (Å²) in [5.74, 6) is 0. The predicted octanol–water partition coefficient (Wildman–Crippen LogP) is 13.1. The fourth-order valence-electron chi connectivity index (χ4n) is 7.70. The molecule has 0 aliphatic rings. The summed E-state index contributed by atoms with van der Waals surface area (Å²) < 4.78 is 0. The quantitative estimate of drug-likeness (QED) is 0.178. The zero-order chi connectivity index (χ0) is 30.2. The molecule has 0 radical (unpaired) electrons. The fraction of sp³-hybridized carbons (Fsp3) is 0. The van der Waals surface area contributed by atoms with Crippen LogP contribution in [0, 0.1) is 0 Å². The average Bonchev–Trinajstić information content (AvgIpc) is 3.10. The van der Waals surface area contributed by atoms with Crippen molar-refractivity contribution in [3.05, 3.63) is 170 Å². The third kappa shape index (κ3) is 3.87. The van der Waals surface area contributed by atoms with Gasteiger partial charge in [0.25, 0.3) is 0 Å². The number of fused-ring (bicyclic) bond motifs is 7. The van der Waals surface area contributed by atoms with Crippen LogP contribution in [0.5, 0.6) is 0 Å². The molecular formula is C46H28. The zero-order valence-electron chi connectivity index (χ0n) is 25.2. The largest absolute Gasteiger partial charge is 0.0622 e. The van der Waals surface area contributed by atoms with Crippen molar-refractivity contribution in [2.24, 2.45) is 0 Å². The van der Waals surface area contributed by atoms with Crippen LogP contribution < -0.4 is 0 Å². The third-order valence-corrected chi connectivity index (χ3v) is 9.82. The number of rotatable bonds is 2. The highest BCUT2D eigenvalue weighted by atomic mass is 14.2. The molecule has 0 unspecified atom stereocenters. The molecule has 0 bridgehead atoms. The van der Waals surface area contributed by atoms with Crippen molar-refractivity contribution in [3.63, 3.8) is 0 Å². The molecule has 0 heteroatoms. The van der Waals surface area contributed by atoms with Crippen molar-refractivity contribution in [2.45, 2.75) is 0 Å². The van der Waals surface area contributed by atoms with E-state index < -0.39 is 0 Å². The van der Waals surface area contributed by atoms with Crippen LogP contribution in [0.2, 0.25) is 0 Å². The van der Waals surface area contributed by atoms with Crippen molar-refractivity contribution in [1.82, 2.24) is 0 Å². The molecule has 0 amide bonds. The third-order valence-electron chi connectivity index (χ3n) is 9.82. The van der Waals surface area contributed by atoms with Gasteiger partial charge in [0.15, 0.2) is 0 Å². The Hall–Kier alpha value is -5.98. The molecular weight excluding hydrogens is 553 g/mol. The van der Waals surface area contributed by atoms with E-state index in [1.54, 1.807) is 0 Å². The minimum absolute atomic E-state index is 1.24. The summed E-state index contributed by atoms with van der Waals surface area (Å²) in [5, 5.41) is 17.8. The topological polar surface area (TPSA) is 0 Å². The molecule has 0 nitrogen and oxygen atoms in total. The van der Waals surface area contributed by atoms with Gasteiger partial charge in [0.2, 0.25) is 0 Å². The lowest BCUT2D eigenvalue weighted by atomic mass is 9.83. The molecule has 212 valence electrons. The highest BCUT2D eigenvalue weighted by Gasteiger charge is 2.19. The molecule has 0 aromatic heterocycles. The highest BCUT2D eigenvalue weighted by Crippen LogP contribution is 2.46. The van der Waals surface area contributed by atoms with Gasteiger partial charge < -0.3 is 0 Å². The Morgan fingerprint density at radius 2 is 0.522 bits per heavy atom. The number of hydrogen-bond donors (Lipinski definition) is 0. The molecule has 0 heterocycles. The molecule has 0 aliphatic carbocycles. The normalized spacial score (nSPS) is 11.9. The summed E-state index contributed by atoms with van der Waals surface area (Å²) in [5.41, 5.74) is 5.06. The SMILES string of the molecule is c1ccc(-c2c3cc4cc5ccccc5cc4cc3cc3cc4cc5cc6ccccc6cc5cc4c(-c4ccccc4)c23)cc1. The summed E-state index contributed by atoms with van der Waals surface area (Å²) in [6, 6.07) is 63.1. The van der Waals surface area contributed by atoms with Gasteiger partial charge in [0, 0.05) is 0 Å². The standard InChI is InChI=1S/C46H28/c1-3-11-29(12-4-1)44-42-27-37-21-33-17-9-7-15-31(33)19-35(37)23-39(42)25-41-26-40-24-36-20-32-16-8-10-18-34(32)22-38(36)28-43(40)45(46(41)44)30-13-5-2-6-14-30/h1-28H. The summed E-state index contributed by atoms with van der Waals surface area (Å²) in [7, 11) is 0. The first-order valence-corrected chi connectivity index (χ1v) is 16.0. The van der Waals surface area contributed by atoms with Gasteiger partial charge in [-0.05, 0) is 158 Å². The molecule has 10 aromatic rings. The number of hydrogen-bond acceptors (Lipinski definition) is 0. The summed E-state index contributed by atoms with van der Waals surface area (Å²) in [4.78, 5) is 0. The van der Waals surface area contributed by atoms with Crippen molar-refractivity contribution < 1.29 is 0 Å². The van der Waals surface area contributed by atoms with Crippen LogP contribution in [0.3, 0.4) is 0 Å². The van der Waals surface area contributed by atoms with E-state index in [1.807, 2.05) is 0 Å². The van der Waals surface area contributed by atoms with E-state index in [0.717, 1.165) is 0 Å². The van der Waals surface area contributed by atoms with Crippen LogP contribution in [0.4, 0.5) is 0 Å². The zero-order valence-corrected chi connectivity index (χ0v) is 25.2. The van der Waals surface area contributed by atoms with Gasteiger partial charge >= 0.3 is 0 Å². The predicted molar refractivity (Wildman–Crippen MR) is 200 cm³/mol. The lowest BCUT2D eigenvalue weighted by molar-refractivity contribution is 1.66. The Labute approximate surface area is 266 Å². The second kappa shape index (κ2) is 9.76. The first kappa shape index (κ1) is 25.4. The maximum atomic E-state index is 2.42. The smallest absolute Gasteiger partial charge is 0.00139 e. The van der Waals surface area contributed by atoms with Gasteiger partial charge in [-0.3, -0.25) is 0 Å². The van der Waals surface area contributed by atoms with E-state index in [4.69, 9.17) is 0 Å². The van der Waals surface area contributed by atoms with Crippen LogP contribution in [-0.2, 0) is 0 Å². The van der Waals surface area contributed by atoms with E-state index in [9.17, 15) is 0 Å². The maximum Gasteiger partial charge on any atom is -0.00139 e. The molecule has 0 saturated heterocycles. The molecule has 0 saturated carbocycles. The van der Waals surface area contributed by atoms with Gasteiger partial charge in [-0.2, -0.15) is 0 Å². The Morgan fingerprint density at radius 3 is 0.913 bits per heavy atom. The van der Waals surface area contributed by atoms with E-state index in [2.05, 4.69) is 170 Å². The van der Waals surface area contributed by atoms with Gasteiger partial charge in [-0.15, -0.1) is 0 Å². The van der Waals surface area contributed by atoms with Crippen molar-refractivity contribution in [1.29, 1.82) is 0 Å². The fourth-order valence-corrected chi connectivity index (χ4v) is 7.70. The van der Waals surface area contributed by atoms with Crippen LogP contribution in [0.15, 0.2) is 170 Å². The van der Waals surface area contributed by atoms with E-state index in [1.165, 1.54) is 97.7 Å². The minimum Gasteiger partial charge on any atom is -0.0622 e. The summed E-state index contributed by atoms with van der Waals surface area (Å²) >= 11 is 0. The molecule has 0 atom stereocenters. The molecule has 10 rings (SSSR count). The van der Waals surface area contributed by atoms with Crippen LogP contribution in [-0.4, -0.2) is 0 Å². The first-order valence-electron chi connectivity index (χ1n) is 16.0. The first-order chi connectivity index (χ1) is 22.8.